The summed E-state index contributed by atoms with van der Waals surface area (Å²) >= 11 is 0. The molecule has 2 nitrogen and oxygen atoms in total. The van der Waals surface area contributed by atoms with Gasteiger partial charge in [0.25, 0.3) is 0 Å². The summed E-state index contributed by atoms with van der Waals surface area (Å²) in [7, 11) is -0.750. The Labute approximate surface area is 178 Å². The third-order valence-corrected chi connectivity index (χ3v) is 7.72. The molecule has 30 heavy (non-hydrogen) atoms. The number of hydrogen-bond donors (Lipinski definition) is 0. The molecule has 0 radical (unpaired) electrons. The van der Waals surface area contributed by atoms with Crippen molar-refractivity contribution in [2.24, 2.45) is 0 Å². The molecule has 0 spiro atoms. The fourth-order valence-electron chi connectivity index (χ4n) is 3.90. The van der Waals surface area contributed by atoms with E-state index >= 15 is 0 Å². The minimum Gasteiger partial charge on any atom is -0.493 e. The number of rotatable bonds is 3. The number of benzene rings is 4. The van der Waals surface area contributed by atoms with E-state index in [9.17, 15) is 0 Å². The minimum absolute atomic E-state index is 0.652. The van der Waals surface area contributed by atoms with Crippen molar-refractivity contribution in [1.29, 1.82) is 0 Å². The second kappa shape index (κ2) is 8.73. The fourth-order valence-corrected chi connectivity index (χ4v) is 6.38. The van der Waals surface area contributed by atoms with E-state index in [1.807, 2.05) is 6.07 Å². The highest BCUT2D eigenvalue weighted by atomic mass is 31.1. The average molecular weight is 410 g/mol. The zero-order valence-corrected chi connectivity index (χ0v) is 17.6. The fraction of sp³-hybridized carbons (Fsp3) is 0.111. The number of ether oxygens (including phenoxy) is 2. The first-order chi connectivity index (χ1) is 14.9. The lowest BCUT2D eigenvalue weighted by Gasteiger charge is -2.24. The number of fused-ring (bicyclic) bond motifs is 3. The molecule has 4 aromatic carbocycles. The maximum atomic E-state index is 6.26. The van der Waals surface area contributed by atoms with Crippen LogP contribution in [-0.2, 0) is 0 Å². The molecular formula is C27H23O2P. The van der Waals surface area contributed by atoms with Crippen molar-refractivity contribution in [2.75, 3.05) is 13.2 Å². The molecule has 0 amide bonds. The van der Waals surface area contributed by atoms with E-state index < -0.39 is 7.92 Å². The van der Waals surface area contributed by atoms with Crippen LogP contribution in [0, 0.1) is 0 Å². The van der Waals surface area contributed by atoms with Crippen LogP contribution in [0.25, 0.3) is 11.1 Å². The van der Waals surface area contributed by atoms with Gasteiger partial charge in [-0.2, -0.15) is 0 Å². The minimum atomic E-state index is -0.750. The average Bonchev–Trinajstić information content (AvgIpc) is 2.90. The van der Waals surface area contributed by atoms with Crippen LogP contribution in [0.2, 0.25) is 0 Å². The summed E-state index contributed by atoms with van der Waals surface area (Å²) < 4.78 is 12.4. The first-order valence-corrected chi connectivity index (χ1v) is 11.6. The van der Waals surface area contributed by atoms with Gasteiger partial charge in [0.05, 0.1) is 13.2 Å². The van der Waals surface area contributed by atoms with Gasteiger partial charge in [0.15, 0.2) is 0 Å². The molecule has 5 rings (SSSR count). The molecular weight excluding hydrogens is 387 g/mol. The van der Waals surface area contributed by atoms with Gasteiger partial charge in [-0.3, -0.25) is 0 Å². The number of para-hydroxylation sites is 1. The Hall–Kier alpha value is -3.09. The van der Waals surface area contributed by atoms with Gasteiger partial charge in [-0.25, -0.2) is 0 Å². The summed E-state index contributed by atoms with van der Waals surface area (Å²) in [5, 5.41) is 3.94. The Balaban J connectivity index is 1.79. The third kappa shape index (κ3) is 3.72. The molecule has 148 valence electrons. The van der Waals surface area contributed by atoms with Crippen LogP contribution in [0.15, 0.2) is 103 Å². The summed E-state index contributed by atoms with van der Waals surface area (Å²) in [5.41, 5.74) is 2.25. The van der Waals surface area contributed by atoms with Gasteiger partial charge in [0, 0.05) is 17.5 Å². The van der Waals surface area contributed by atoms with Crippen LogP contribution in [0.4, 0.5) is 0 Å². The smallest absolute Gasteiger partial charge is 0.127 e. The molecule has 4 aromatic rings. The van der Waals surface area contributed by atoms with Crippen molar-refractivity contribution < 1.29 is 9.47 Å². The Kier molecular flexibility index (Phi) is 5.50. The summed E-state index contributed by atoms with van der Waals surface area (Å²) in [6, 6.07) is 36.4. The molecule has 0 N–H and O–H groups in total. The van der Waals surface area contributed by atoms with Crippen LogP contribution in [0.3, 0.4) is 0 Å². The lowest BCUT2D eigenvalue weighted by molar-refractivity contribution is 0.252. The summed E-state index contributed by atoms with van der Waals surface area (Å²) in [6.07, 6.45) is 0.865. The van der Waals surface area contributed by atoms with E-state index in [2.05, 4.69) is 97.1 Å². The normalized spacial score (nSPS) is 13.1. The second-order valence-electron chi connectivity index (χ2n) is 7.20. The van der Waals surface area contributed by atoms with E-state index in [-0.39, 0.29) is 0 Å². The van der Waals surface area contributed by atoms with Crippen molar-refractivity contribution in [3.63, 3.8) is 0 Å². The maximum Gasteiger partial charge on any atom is 0.127 e. The SMILES string of the molecule is c1ccc(P(c2ccccc2)c2cccc3c2-c2ccccc2OCCCO3)cc1. The van der Waals surface area contributed by atoms with Gasteiger partial charge in [0.1, 0.15) is 11.5 Å². The van der Waals surface area contributed by atoms with E-state index in [4.69, 9.17) is 9.47 Å². The van der Waals surface area contributed by atoms with Gasteiger partial charge < -0.3 is 9.47 Å². The van der Waals surface area contributed by atoms with Crippen LogP contribution >= 0.6 is 7.92 Å². The van der Waals surface area contributed by atoms with Gasteiger partial charge in [-0.1, -0.05) is 91.0 Å². The molecule has 0 fully saturated rings. The summed E-state index contributed by atoms with van der Waals surface area (Å²) in [4.78, 5) is 0. The van der Waals surface area contributed by atoms with Crippen LogP contribution in [-0.4, -0.2) is 13.2 Å². The van der Waals surface area contributed by atoms with E-state index in [1.165, 1.54) is 15.9 Å². The van der Waals surface area contributed by atoms with Crippen LogP contribution in [0.1, 0.15) is 6.42 Å². The first-order valence-electron chi connectivity index (χ1n) is 10.3. The van der Waals surface area contributed by atoms with E-state index in [0.717, 1.165) is 29.0 Å². The molecule has 0 bridgehead atoms. The topological polar surface area (TPSA) is 18.5 Å². The Bertz CT molecular complexity index is 1090. The predicted molar refractivity (Wildman–Crippen MR) is 126 cm³/mol. The zero-order chi connectivity index (χ0) is 20.2. The van der Waals surface area contributed by atoms with Crippen LogP contribution < -0.4 is 25.4 Å². The van der Waals surface area contributed by atoms with Crippen molar-refractivity contribution >= 4 is 23.8 Å². The van der Waals surface area contributed by atoms with Crippen molar-refractivity contribution in [3.8, 4) is 22.6 Å². The summed E-state index contributed by atoms with van der Waals surface area (Å²) in [5.74, 6) is 1.86. The quantitative estimate of drug-likeness (QED) is 0.428. The lowest BCUT2D eigenvalue weighted by atomic mass is 10.0. The summed E-state index contributed by atoms with van der Waals surface area (Å²) in [6.45, 7) is 1.31. The molecule has 0 unspecified atom stereocenters. The molecule has 0 aliphatic carbocycles. The highest BCUT2D eigenvalue weighted by Gasteiger charge is 2.25. The highest BCUT2D eigenvalue weighted by molar-refractivity contribution is 7.80. The molecule has 0 atom stereocenters. The van der Waals surface area contributed by atoms with E-state index in [1.54, 1.807) is 0 Å². The van der Waals surface area contributed by atoms with Crippen molar-refractivity contribution in [1.82, 2.24) is 0 Å². The molecule has 0 aromatic heterocycles. The Morgan fingerprint density at radius 1 is 0.533 bits per heavy atom. The van der Waals surface area contributed by atoms with Crippen molar-refractivity contribution in [2.45, 2.75) is 6.42 Å². The van der Waals surface area contributed by atoms with E-state index in [0.29, 0.717) is 13.2 Å². The molecule has 1 aliphatic rings. The molecule has 0 saturated carbocycles. The molecule has 0 saturated heterocycles. The third-order valence-electron chi connectivity index (χ3n) is 5.23. The second-order valence-corrected chi connectivity index (χ2v) is 9.39. The van der Waals surface area contributed by atoms with Crippen molar-refractivity contribution in [3.05, 3.63) is 103 Å². The molecule has 1 aliphatic heterocycles. The molecule has 3 heteroatoms. The van der Waals surface area contributed by atoms with Gasteiger partial charge in [-0.15, -0.1) is 0 Å². The Morgan fingerprint density at radius 3 is 1.80 bits per heavy atom. The van der Waals surface area contributed by atoms with Gasteiger partial charge >= 0.3 is 0 Å². The molecule has 1 heterocycles. The number of hydrogen-bond acceptors (Lipinski definition) is 2. The highest BCUT2D eigenvalue weighted by Crippen LogP contribution is 2.43. The standard InChI is InChI=1S/C27H23O2P/c1-3-11-21(12-4-1)30(22-13-5-2-6-14-22)26-18-9-17-25-27(26)23-15-7-8-16-24(23)28-19-10-20-29-25/h1-9,11-18H,10,19-20H2. The monoisotopic (exact) mass is 410 g/mol. The van der Waals surface area contributed by atoms with Gasteiger partial charge in [0.2, 0.25) is 0 Å². The van der Waals surface area contributed by atoms with Crippen LogP contribution in [0.5, 0.6) is 11.5 Å². The predicted octanol–water partition coefficient (Wildman–Crippen LogP) is 5.27. The largest absolute Gasteiger partial charge is 0.493 e. The van der Waals surface area contributed by atoms with Gasteiger partial charge in [-0.05, 0) is 36.0 Å². The maximum absolute atomic E-state index is 6.26. The lowest BCUT2D eigenvalue weighted by Crippen LogP contribution is -2.22. The Morgan fingerprint density at radius 2 is 1.10 bits per heavy atom. The zero-order valence-electron chi connectivity index (χ0n) is 16.7. The first kappa shape index (κ1) is 18.9.